The van der Waals surface area contributed by atoms with Gasteiger partial charge in [-0.3, -0.25) is 4.21 Å². The van der Waals surface area contributed by atoms with Gasteiger partial charge in [0.25, 0.3) is 0 Å². The summed E-state index contributed by atoms with van der Waals surface area (Å²) in [6, 6.07) is 2.20. The van der Waals surface area contributed by atoms with Crippen LogP contribution in [0.5, 0.6) is 0 Å². The summed E-state index contributed by atoms with van der Waals surface area (Å²) in [7, 11) is -4.75. The first-order valence-corrected chi connectivity index (χ1v) is 9.13. The number of anilines is 1. The zero-order chi connectivity index (χ0) is 15.5. The second-order valence-electron chi connectivity index (χ2n) is 4.63. The Morgan fingerprint density at radius 2 is 2.05 bits per heavy atom. The highest BCUT2D eigenvalue weighted by Crippen LogP contribution is 2.21. The molecule has 0 saturated carbocycles. The summed E-state index contributed by atoms with van der Waals surface area (Å²) in [6.45, 7) is 3.45. The minimum atomic E-state index is -3.75. The van der Waals surface area contributed by atoms with E-state index in [1.807, 2.05) is 0 Å². The summed E-state index contributed by atoms with van der Waals surface area (Å²) >= 11 is 0. The van der Waals surface area contributed by atoms with Gasteiger partial charge in [0, 0.05) is 28.9 Å². The Morgan fingerprint density at radius 1 is 1.45 bits per heavy atom. The van der Waals surface area contributed by atoms with Crippen molar-refractivity contribution in [2.24, 2.45) is 0 Å². The predicted molar refractivity (Wildman–Crippen MR) is 78.9 cm³/mol. The molecule has 8 heteroatoms. The maximum atomic E-state index is 13.2. The van der Waals surface area contributed by atoms with Gasteiger partial charge in [0.1, 0.15) is 5.82 Å². The molecule has 0 aliphatic heterocycles. The van der Waals surface area contributed by atoms with E-state index in [0.717, 1.165) is 12.1 Å². The van der Waals surface area contributed by atoms with E-state index in [-0.39, 0.29) is 27.9 Å². The van der Waals surface area contributed by atoms with Gasteiger partial charge in [-0.05, 0) is 31.0 Å². The molecule has 0 aliphatic rings. The van der Waals surface area contributed by atoms with Gasteiger partial charge in [0.15, 0.2) is 0 Å². The van der Waals surface area contributed by atoms with Crippen molar-refractivity contribution in [3.05, 3.63) is 23.5 Å². The lowest BCUT2D eigenvalue weighted by molar-refractivity contribution is 0.576. The molecule has 0 bridgehead atoms. The molecule has 0 aliphatic carbocycles. The molecule has 2 unspecified atom stereocenters. The van der Waals surface area contributed by atoms with Crippen molar-refractivity contribution in [2.45, 2.75) is 30.4 Å². The SMILES string of the molecule is Cc1cc(F)c(N)cc1S(=O)(=O)NCCC(C)S(C)=O. The van der Waals surface area contributed by atoms with Gasteiger partial charge in [-0.2, -0.15) is 0 Å². The number of nitrogen functional groups attached to an aromatic ring is 1. The molecule has 0 radical (unpaired) electrons. The molecule has 0 aromatic heterocycles. The molecule has 0 amide bonds. The van der Waals surface area contributed by atoms with Gasteiger partial charge in [-0.1, -0.05) is 6.92 Å². The number of halogens is 1. The lowest BCUT2D eigenvalue weighted by Crippen LogP contribution is -2.28. The van der Waals surface area contributed by atoms with Gasteiger partial charge >= 0.3 is 0 Å². The molecule has 0 fully saturated rings. The molecule has 1 aromatic rings. The second kappa shape index (κ2) is 6.64. The summed E-state index contributed by atoms with van der Waals surface area (Å²) in [4.78, 5) is -0.0401. The predicted octanol–water partition coefficient (Wildman–Crippen LogP) is 1.15. The molecule has 5 nitrogen and oxygen atoms in total. The number of hydrogen-bond acceptors (Lipinski definition) is 4. The van der Waals surface area contributed by atoms with Crippen molar-refractivity contribution >= 4 is 26.5 Å². The van der Waals surface area contributed by atoms with E-state index < -0.39 is 26.6 Å². The third-order valence-corrected chi connectivity index (χ3v) is 5.97. The zero-order valence-corrected chi connectivity index (χ0v) is 13.3. The third kappa shape index (κ3) is 4.26. The van der Waals surface area contributed by atoms with Crippen LogP contribution in [-0.4, -0.2) is 30.7 Å². The van der Waals surface area contributed by atoms with E-state index in [0.29, 0.717) is 6.42 Å². The molecule has 0 spiro atoms. The van der Waals surface area contributed by atoms with Gasteiger partial charge in [0.05, 0.1) is 10.6 Å². The van der Waals surface area contributed by atoms with E-state index in [1.54, 1.807) is 13.2 Å². The summed E-state index contributed by atoms with van der Waals surface area (Å²) < 4.78 is 51.0. The fraction of sp³-hybridized carbons (Fsp3) is 0.500. The molecular weight excluding hydrogens is 303 g/mol. The maximum absolute atomic E-state index is 13.2. The maximum Gasteiger partial charge on any atom is 0.240 e. The standard InChI is InChI=1S/C12H19FN2O3S2/c1-8-6-10(13)11(14)7-12(8)20(17,18)15-5-4-9(2)19(3)16/h6-7,9,15H,4-5,14H2,1-3H3. The summed E-state index contributed by atoms with van der Waals surface area (Å²) in [6.07, 6.45) is 2.03. The Bertz CT molecular complexity index is 617. The van der Waals surface area contributed by atoms with Gasteiger partial charge < -0.3 is 5.73 Å². The number of nitrogens with one attached hydrogen (secondary N) is 1. The number of sulfonamides is 1. The summed E-state index contributed by atoms with van der Waals surface area (Å²) in [5.41, 5.74) is 5.47. The van der Waals surface area contributed by atoms with Crippen LogP contribution >= 0.6 is 0 Å². The minimum absolute atomic E-state index is 0.0401. The molecule has 1 rings (SSSR count). The fourth-order valence-corrected chi connectivity index (χ4v) is 3.36. The average molecular weight is 322 g/mol. The number of nitrogens with two attached hydrogens (primary N) is 1. The largest absolute Gasteiger partial charge is 0.396 e. The van der Waals surface area contributed by atoms with Crippen LogP contribution in [0.25, 0.3) is 0 Å². The van der Waals surface area contributed by atoms with Crippen LogP contribution in [0.4, 0.5) is 10.1 Å². The van der Waals surface area contributed by atoms with Crippen LogP contribution in [-0.2, 0) is 20.8 Å². The van der Waals surface area contributed by atoms with Crippen molar-refractivity contribution in [3.8, 4) is 0 Å². The number of aryl methyl sites for hydroxylation is 1. The van der Waals surface area contributed by atoms with Gasteiger partial charge in [-0.15, -0.1) is 0 Å². The van der Waals surface area contributed by atoms with Crippen molar-refractivity contribution in [1.82, 2.24) is 4.72 Å². The molecule has 2 atom stereocenters. The van der Waals surface area contributed by atoms with E-state index in [1.165, 1.54) is 6.92 Å². The molecular formula is C12H19FN2O3S2. The first-order valence-electron chi connectivity index (χ1n) is 6.02. The fourth-order valence-electron chi connectivity index (χ4n) is 1.60. The lowest BCUT2D eigenvalue weighted by Gasteiger charge is -2.12. The summed E-state index contributed by atoms with van der Waals surface area (Å²) in [5, 5.41) is -0.0999. The van der Waals surface area contributed by atoms with Crippen molar-refractivity contribution in [2.75, 3.05) is 18.5 Å². The van der Waals surface area contributed by atoms with Crippen LogP contribution in [0.2, 0.25) is 0 Å². The highest BCUT2D eigenvalue weighted by molar-refractivity contribution is 7.89. The number of hydrogen-bond donors (Lipinski definition) is 2. The smallest absolute Gasteiger partial charge is 0.240 e. The van der Waals surface area contributed by atoms with E-state index in [4.69, 9.17) is 5.73 Å². The Balaban J connectivity index is 2.85. The minimum Gasteiger partial charge on any atom is -0.396 e. The lowest BCUT2D eigenvalue weighted by atomic mass is 10.2. The molecule has 20 heavy (non-hydrogen) atoms. The topological polar surface area (TPSA) is 89.3 Å². The molecule has 1 aromatic carbocycles. The van der Waals surface area contributed by atoms with Crippen molar-refractivity contribution in [3.63, 3.8) is 0 Å². The third-order valence-electron chi connectivity index (χ3n) is 2.99. The summed E-state index contributed by atoms with van der Waals surface area (Å²) in [5.74, 6) is -0.642. The van der Waals surface area contributed by atoms with Gasteiger partial charge in [-0.25, -0.2) is 17.5 Å². The van der Waals surface area contributed by atoms with E-state index in [9.17, 15) is 17.0 Å². The second-order valence-corrected chi connectivity index (χ2v) is 8.17. The van der Waals surface area contributed by atoms with Gasteiger partial charge in [0.2, 0.25) is 10.0 Å². The van der Waals surface area contributed by atoms with Crippen LogP contribution < -0.4 is 10.5 Å². The molecule has 0 saturated heterocycles. The highest BCUT2D eigenvalue weighted by Gasteiger charge is 2.19. The van der Waals surface area contributed by atoms with Crippen LogP contribution in [0.1, 0.15) is 18.9 Å². The van der Waals surface area contributed by atoms with Crippen molar-refractivity contribution < 1.29 is 17.0 Å². The Kier molecular flexibility index (Phi) is 5.67. The van der Waals surface area contributed by atoms with Crippen LogP contribution in [0, 0.1) is 12.7 Å². The zero-order valence-electron chi connectivity index (χ0n) is 11.6. The Labute approximate surface area is 121 Å². The molecule has 3 N–H and O–H groups in total. The average Bonchev–Trinajstić information content (AvgIpc) is 2.33. The molecule has 114 valence electrons. The Hall–Kier alpha value is -0.990. The molecule has 0 heterocycles. The first kappa shape index (κ1) is 17.1. The Morgan fingerprint density at radius 3 is 2.60 bits per heavy atom. The normalized spacial score (nSPS) is 15.0. The van der Waals surface area contributed by atoms with Crippen LogP contribution in [0.3, 0.4) is 0 Å². The van der Waals surface area contributed by atoms with Crippen molar-refractivity contribution in [1.29, 1.82) is 0 Å². The quantitative estimate of drug-likeness (QED) is 0.769. The van der Waals surface area contributed by atoms with Crippen LogP contribution in [0.15, 0.2) is 17.0 Å². The van der Waals surface area contributed by atoms with E-state index >= 15 is 0 Å². The monoisotopic (exact) mass is 322 g/mol. The van der Waals surface area contributed by atoms with E-state index in [2.05, 4.69) is 4.72 Å². The number of benzene rings is 1. The first-order chi connectivity index (χ1) is 9.15. The highest BCUT2D eigenvalue weighted by atomic mass is 32.2. The number of rotatable bonds is 6.